The highest BCUT2D eigenvalue weighted by atomic mass is 32.1. The molecule has 3 aromatic rings. The van der Waals surface area contributed by atoms with E-state index < -0.39 is 0 Å². The third kappa shape index (κ3) is 3.24. The predicted molar refractivity (Wildman–Crippen MR) is 95.3 cm³/mol. The van der Waals surface area contributed by atoms with Crippen molar-refractivity contribution in [2.45, 2.75) is 32.6 Å². The highest BCUT2D eigenvalue weighted by Gasteiger charge is 2.22. The van der Waals surface area contributed by atoms with Crippen LogP contribution in [0.4, 0.5) is 5.13 Å². The molecule has 2 aromatic heterocycles. The van der Waals surface area contributed by atoms with Gasteiger partial charge in [0.05, 0.1) is 11.9 Å². The number of piperidine rings is 1. The second-order valence-electron chi connectivity index (χ2n) is 6.45. The molecule has 0 saturated carbocycles. The molecular formula is C18H22N4S. The first kappa shape index (κ1) is 14.7. The minimum Gasteiger partial charge on any atom is -0.347 e. The van der Waals surface area contributed by atoms with Crippen LogP contribution < -0.4 is 4.90 Å². The Labute approximate surface area is 140 Å². The zero-order chi connectivity index (χ0) is 15.6. The number of aromatic nitrogens is 3. The molecule has 1 aromatic carbocycles. The Morgan fingerprint density at radius 3 is 2.70 bits per heavy atom. The molecule has 0 N–H and O–H groups in total. The third-order valence-electron chi connectivity index (χ3n) is 4.72. The van der Waals surface area contributed by atoms with Crippen molar-refractivity contribution in [3.8, 4) is 0 Å². The van der Waals surface area contributed by atoms with Crippen LogP contribution >= 0.6 is 11.3 Å². The van der Waals surface area contributed by atoms with Gasteiger partial charge in [0.25, 0.3) is 0 Å². The van der Waals surface area contributed by atoms with Crippen LogP contribution in [0.3, 0.4) is 0 Å². The van der Waals surface area contributed by atoms with Crippen molar-refractivity contribution in [1.82, 2.24) is 14.6 Å². The van der Waals surface area contributed by atoms with Crippen molar-refractivity contribution in [1.29, 1.82) is 0 Å². The van der Waals surface area contributed by atoms with Gasteiger partial charge in [-0.3, -0.25) is 0 Å². The van der Waals surface area contributed by atoms with E-state index in [9.17, 15) is 0 Å². The molecule has 120 valence electrons. The molecule has 0 aliphatic carbocycles. The maximum atomic E-state index is 4.67. The lowest BCUT2D eigenvalue weighted by molar-refractivity contribution is 0.381. The number of nitrogens with zero attached hydrogens (tertiary/aromatic N) is 4. The molecule has 23 heavy (non-hydrogen) atoms. The summed E-state index contributed by atoms with van der Waals surface area (Å²) in [6.07, 6.45) is 7.05. The molecule has 0 spiro atoms. The SMILES string of the molecule is Cc1cn2nc(N3CCC(CCc4ccccc4)CC3)sc2n1. The summed E-state index contributed by atoms with van der Waals surface area (Å²) in [6.45, 7) is 4.25. The van der Waals surface area contributed by atoms with E-state index in [4.69, 9.17) is 0 Å². The molecule has 4 rings (SSSR count). The fraction of sp³-hybridized carbons (Fsp3) is 0.444. The lowest BCUT2D eigenvalue weighted by Gasteiger charge is -2.31. The molecule has 5 heteroatoms. The standard InChI is InChI=1S/C18H22N4S/c1-14-13-22-17(19-14)23-18(20-22)21-11-9-16(10-12-21)8-7-15-5-3-2-4-6-15/h2-6,13,16H,7-12H2,1H3. The predicted octanol–water partition coefficient (Wildman–Crippen LogP) is 3.95. The fourth-order valence-corrected chi connectivity index (χ4v) is 4.34. The number of hydrogen-bond donors (Lipinski definition) is 0. The summed E-state index contributed by atoms with van der Waals surface area (Å²) in [5.41, 5.74) is 2.50. The van der Waals surface area contributed by atoms with Gasteiger partial charge >= 0.3 is 0 Å². The van der Waals surface area contributed by atoms with Crippen molar-refractivity contribution in [3.63, 3.8) is 0 Å². The largest absolute Gasteiger partial charge is 0.347 e. The van der Waals surface area contributed by atoms with Crippen LogP contribution in [-0.2, 0) is 6.42 Å². The smallest absolute Gasteiger partial charge is 0.214 e. The van der Waals surface area contributed by atoms with E-state index in [0.717, 1.165) is 34.8 Å². The Balaban J connectivity index is 1.32. The monoisotopic (exact) mass is 326 g/mol. The molecule has 1 aliphatic heterocycles. The summed E-state index contributed by atoms with van der Waals surface area (Å²) in [6, 6.07) is 10.8. The average molecular weight is 326 g/mol. The van der Waals surface area contributed by atoms with Gasteiger partial charge in [-0.1, -0.05) is 41.7 Å². The van der Waals surface area contributed by atoms with Crippen molar-refractivity contribution < 1.29 is 0 Å². The summed E-state index contributed by atoms with van der Waals surface area (Å²) in [7, 11) is 0. The minimum absolute atomic E-state index is 0.845. The second-order valence-corrected chi connectivity index (χ2v) is 7.38. The molecule has 0 unspecified atom stereocenters. The van der Waals surface area contributed by atoms with Crippen molar-refractivity contribution in [2.75, 3.05) is 18.0 Å². The summed E-state index contributed by atoms with van der Waals surface area (Å²) < 4.78 is 1.91. The molecule has 0 atom stereocenters. The van der Waals surface area contributed by atoms with Crippen LogP contribution in [0.15, 0.2) is 36.5 Å². The van der Waals surface area contributed by atoms with Gasteiger partial charge in [0.15, 0.2) is 0 Å². The van der Waals surface area contributed by atoms with Gasteiger partial charge in [0, 0.05) is 13.1 Å². The summed E-state index contributed by atoms with van der Waals surface area (Å²) in [5.74, 6) is 0.845. The van der Waals surface area contributed by atoms with E-state index in [1.165, 1.54) is 31.2 Å². The van der Waals surface area contributed by atoms with Crippen LogP contribution in [0.5, 0.6) is 0 Å². The van der Waals surface area contributed by atoms with Gasteiger partial charge < -0.3 is 4.90 Å². The number of fused-ring (bicyclic) bond motifs is 1. The number of imidazole rings is 1. The maximum absolute atomic E-state index is 4.67. The van der Waals surface area contributed by atoms with Crippen LogP contribution in [0.25, 0.3) is 4.96 Å². The number of aryl methyl sites for hydroxylation is 2. The maximum Gasteiger partial charge on any atom is 0.214 e. The molecule has 3 heterocycles. The second kappa shape index (κ2) is 6.32. The first-order valence-electron chi connectivity index (χ1n) is 8.39. The topological polar surface area (TPSA) is 33.4 Å². The van der Waals surface area contributed by atoms with E-state index in [-0.39, 0.29) is 0 Å². The first-order valence-corrected chi connectivity index (χ1v) is 9.21. The molecule has 4 nitrogen and oxygen atoms in total. The van der Waals surface area contributed by atoms with Crippen molar-refractivity contribution in [3.05, 3.63) is 47.8 Å². The highest BCUT2D eigenvalue weighted by Crippen LogP contribution is 2.29. The lowest BCUT2D eigenvalue weighted by atomic mass is 9.91. The average Bonchev–Trinajstić information content (AvgIpc) is 3.12. The third-order valence-corrected chi connectivity index (χ3v) is 5.71. The summed E-state index contributed by atoms with van der Waals surface area (Å²) in [4.78, 5) is 7.93. The van der Waals surface area contributed by atoms with E-state index >= 15 is 0 Å². The Kier molecular flexibility index (Phi) is 4.04. The van der Waals surface area contributed by atoms with Gasteiger partial charge in [-0.05, 0) is 44.1 Å². The Morgan fingerprint density at radius 1 is 1.17 bits per heavy atom. The Hall–Kier alpha value is -1.88. The van der Waals surface area contributed by atoms with Crippen LogP contribution in [0.2, 0.25) is 0 Å². The van der Waals surface area contributed by atoms with Gasteiger partial charge in [0.1, 0.15) is 0 Å². The van der Waals surface area contributed by atoms with E-state index in [1.807, 2.05) is 17.6 Å². The molecular weight excluding hydrogens is 304 g/mol. The number of benzene rings is 1. The lowest BCUT2D eigenvalue weighted by Crippen LogP contribution is -2.33. The van der Waals surface area contributed by atoms with Gasteiger partial charge in [-0.2, -0.15) is 0 Å². The summed E-state index contributed by atoms with van der Waals surface area (Å²) in [5, 5.41) is 5.79. The van der Waals surface area contributed by atoms with E-state index in [0.29, 0.717) is 0 Å². The van der Waals surface area contributed by atoms with Crippen molar-refractivity contribution in [2.24, 2.45) is 5.92 Å². The highest BCUT2D eigenvalue weighted by molar-refractivity contribution is 7.20. The number of rotatable bonds is 4. The van der Waals surface area contributed by atoms with E-state index in [2.05, 4.69) is 45.3 Å². The molecule has 1 fully saturated rings. The van der Waals surface area contributed by atoms with Gasteiger partial charge in [0.2, 0.25) is 10.1 Å². The molecule has 0 amide bonds. The van der Waals surface area contributed by atoms with Gasteiger partial charge in [-0.25, -0.2) is 9.50 Å². The number of anilines is 1. The van der Waals surface area contributed by atoms with Crippen LogP contribution in [0.1, 0.15) is 30.5 Å². The molecule has 0 bridgehead atoms. The van der Waals surface area contributed by atoms with Gasteiger partial charge in [-0.15, -0.1) is 5.10 Å². The van der Waals surface area contributed by atoms with E-state index in [1.54, 1.807) is 11.3 Å². The Morgan fingerprint density at radius 2 is 1.96 bits per heavy atom. The zero-order valence-corrected chi connectivity index (χ0v) is 14.3. The molecule has 1 aliphatic rings. The quantitative estimate of drug-likeness (QED) is 0.728. The molecule has 0 radical (unpaired) electrons. The van der Waals surface area contributed by atoms with Crippen LogP contribution in [-0.4, -0.2) is 27.7 Å². The Bertz CT molecular complexity index is 737. The molecule has 1 saturated heterocycles. The van der Waals surface area contributed by atoms with Crippen LogP contribution in [0, 0.1) is 12.8 Å². The fourth-order valence-electron chi connectivity index (χ4n) is 3.35. The normalized spacial score (nSPS) is 16.3. The minimum atomic E-state index is 0.845. The number of hydrogen-bond acceptors (Lipinski definition) is 4. The summed E-state index contributed by atoms with van der Waals surface area (Å²) >= 11 is 1.70. The van der Waals surface area contributed by atoms with Crippen molar-refractivity contribution >= 4 is 21.4 Å². The zero-order valence-electron chi connectivity index (χ0n) is 13.5. The first-order chi connectivity index (χ1) is 11.3.